The van der Waals surface area contributed by atoms with Gasteiger partial charge in [0.2, 0.25) is 0 Å². The van der Waals surface area contributed by atoms with Gasteiger partial charge in [-0.3, -0.25) is 0 Å². The maximum atomic E-state index is 5.72. The van der Waals surface area contributed by atoms with Crippen LogP contribution in [0.1, 0.15) is 40.5 Å². The van der Waals surface area contributed by atoms with Gasteiger partial charge >= 0.3 is 0 Å². The maximum Gasteiger partial charge on any atom is 0.00418 e. The molecule has 2 heteroatoms. The molecule has 0 saturated heterocycles. The second kappa shape index (κ2) is 6.41. The number of nitrogens with zero attached hydrogens (tertiary/aromatic N) is 1. The zero-order valence-electron chi connectivity index (χ0n) is 10.6. The summed E-state index contributed by atoms with van der Waals surface area (Å²) in [5.41, 5.74) is 5.97. The van der Waals surface area contributed by atoms with Gasteiger partial charge < -0.3 is 10.6 Å². The van der Waals surface area contributed by atoms with E-state index in [1.54, 1.807) is 0 Å². The van der Waals surface area contributed by atoms with Crippen molar-refractivity contribution in [1.82, 2.24) is 4.90 Å². The Hall–Kier alpha value is -0.0800. The largest absolute Gasteiger partial charge is 0.330 e. The summed E-state index contributed by atoms with van der Waals surface area (Å²) in [6.45, 7) is 12.1. The van der Waals surface area contributed by atoms with Crippen molar-refractivity contribution in [3.63, 3.8) is 0 Å². The van der Waals surface area contributed by atoms with E-state index in [-0.39, 0.29) is 5.41 Å². The van der Waals surface area contributed by atoms with Crippen molar-refractivity contribution in [3.05, 3.63) is 0 Å². The summed E-state index contributed by atoms with van der Waals surface area (Å²) in [6.07, 6.45) is 2.61. The Bertz CT molecular complexity index is 143. The van der Waals surface area contributed by atoms with E-state index < -0.39 is 0 Å². The smallest absolute Gasteiger partial charge is 0.00418 e. The third-order valence-corrected chi connectivity index (χ3v) is 2.66. The van der Waals surface area contributed by atoms with Crippen molar-refractivity contribution in [1.29, 1.82) is 0 Å². The molecule has 0 radical (unpaired) electrons. The third kappa shape index (κ3) is 6.39. The Kier molecular flexibility index (Phi) is 6.38. The van der Waals surface area contributed by atoms with Gasteiger partial charge in [0.05, 0.1) is 0 Å². The highest BCUT2D eigenvalue weighted by Gasteiger charge is 2.18. The molecular formula is C12H28N2. The van der Waals surface area contributed by atoms with E-state index in [0.717, 1.165) is 19.0 Å². The molecule has 0 aromatic heterocycles. The average Bonchev–Trinajstić information content (AvgIpc) is 2.03. The molecule has 0 bridgehead atoms. The first-order valence-corrected chi connectivity index (χ1v) is 5.80. The molecular weight excluding hydrogens is 172 g/mol. The van der Waals surface area contributed by atoms with Crippen LogP contribution in [0.5, 0.6) is 0 Å². The lowest BCUT2D eigenvalue weighted by Crippen LogP contribution is -2.38. The van der Waals surface area contributed by atoms with E-state index in [1.807, 2.05) is 0 Å². The van der Waals surface area contributed by atoms with E-state index in [1.165, 1.54) is 19.4 Å². The second-order valence-corrected chi connectivity index (χ2v) is 5.46. The highest BCUT2D eigenvalue weighted by Crippen LogP contribution is 2.15. The quantitative estimate of drug-likeness (QED) is 0.683. The summed E-state index contributed by atoms with van der Waals surface area (Å²) < 4.78 is 0. The van der Waals surface area contributed by atoms with Crippen molar-refractivity contribution in [2.24, 2.45) is 17.1 Å². The van der Waals surface area contributed by atoms with Crippen LogP contribution in [0.25, 0.3) is 0 Å². The Balaban J connectivity index is 3.79. The lowest BCUT2D eigenvalue weighted by molar-refractivity contribution is 0.192. The zero-order chi connectivity index (χ0) is 11.2. The van der Waals surface area contributed by atoms with Gasteiger partial charge in [0.15, 0.2) is 0 Å². The molecule has 0 aliphatic heterocycles. The molecule has 0 rings (SSSR count). The molecule has 0 saturated carbocycles. The SMILES string of the molecule is CCCC(C)CN(C)CC(C)(C)CN. The number of nitrogens with two attached hydrogens (primary N) is 1. The topological polar surface area (TPSA) is 29.3 Å². The first kappa shape index (κ1) is 13.9. The van der Waals surface area contributed by atoms with Crippen LogP contribution in [0, 0.1) is 11.3 Å². The Morgan fingerprint density at radius 1 is 1.36 bits per heavy atom. The molecule has 0 fully saturated rings. The number of hydrogen-bond acceptors (Lipinski definition) is 2. The summed E-state index contributed by atoms with van der Waals surface area (Å²) in [5, 5.41) is 0. The molecule has 0 heterocycles. The summed E-state index contributed by atoms with van der Waals surface area (Å²) in [4.78, 5) is 2.41. The minimum Gasteiger partial charge on any atom is -0.330 e. The van der Waals surface area contributed by atoms with Crippen LogP contribution >= 0.6 is 0 Å². The van der Waals surface area contributed by atoms with Crippen LogP contribution < -0.4 is 5.73 Å². The van der Waals surface area contributed by atoms with E-state index in [2.05, 4.69) is 39.6 Å². The van der Waals surface area contributed by atoms with Gasteiger partial charge in [0.1, 0.15) is 0 Å². The third-order valence-electron chi connectivity index (χ3n) is 2.66. The fourth-order valence-corrected chi connectivity index (χ4v) is 1.98. The molecule has 0 amide bonds. The molecule has 0 aliphatic carbocycles. The van der Waals surface area contributed by atoms with Crippen molar-refractivity contribution >= 4 is 0 Å². The van der Waals surface area contributed by atoms with E-state index in [4.69, 9.17) is 5.73 Å². The van der Waals surface area contributed by atoms with Crippen LogP contribution in [-0.4, -0.2) is 31.6 Å². The van der Waals surface area contributed by atoms with Crippen LogP contribution in [0.2, 0.25) is 0 Å². The fourth-order valence-electron chi connectivity index (χ4n) is 1.98. The predicted octanol–water partition coefficient (Wildman–Crippen LogP) is 2.34. The van der Waals surface area contributed by atoms with Gasteiger partial charge in [0.25, 0.3) is 0 Å². The number of rotatable bonds is 7. The molecule has 0 aromatic rings. The molecule has 2 nitrogen and oxygen atoms in total. The minimum atomic E-state index is 0.251. The van der Waals surface area contributed by atoms with Crippen molar-refractivity contribution in [3.8, 4) is 0 Å². The van der Waals surface area contributed by atoms with Gasteiger partial charge in [0, 0.05) is 13.1 Å². The van der Waals surface area contributed by atoms with Crippen LogP contribution in [-0.2, 0) is 0 Å². The Morgan fingerprint density at radius 2 is 1.93 bits per heavy atom. The van der Waals surface area contributed by atoms with Gasteiger partial charge in [-0.25, -0.2) is 0 Å². The second-order valence-electron chi connectivity index (χ2n) is 5.46. The minimum absolute atomic E-state index is 0.251. The van der Waals surface area contributed by atoms with E-state index in [9.17, 15) is 0 Å². The van der Waals surface area contributed by atoms with Gasteiger partial charge in [-0.05, 0) is 31.3 Å². The molecule has 1 atom stereocenters. The summed E-state index contributed by atoms with van der Waals surface area (Å²) in [7, 11) is 2.20. The number of hydrogen-bond donors (Lipinski definition) is 1. The summed E-state index contributed by atoms with van der Waals surface area (Å²) in [6, 6.07) is 0. The fraction of sp³-hybridized carbons (Fsp3) is 1.00. The molecule has 1 unspecified atom stereocenters. The van der Waals surface area contributed by atoms with Crippen molar-refractivity contribution in [2.75, 3.05) is 26.7 Å². The van der Waals surface area contributed by atoms with Crippen LogP contribution in [0.15, 0.2) is 0 Å². The van der Waals surface area contributed by atoms with Crippen LogP contribution in [0.3, 0.4) is 0 Å². The molecule has 14 heavy (non-hydrogen) atoms. The zero-order valence-corrected chi connectivity index (χ0v) is 10.6. The van der Waals surface area contributed by atoms with Crippen LogP contribution in [0.4, 0.5) is 0 Å². The molecule has 2 N–H and O–H groups in total. The van der Waals surface area contributed by atoms with Crippen molar-refractivity contribution < 1.29 is 0 Å². The molecule has 0 spiro atoms. The lowest BCUT2D eigenvalue weighted by Gasteiger charge is -2.30. The lowest BCUT2D eigenvalue weighted by atomic mass is 9.93. The van der Waals surface area contributed by atoms with E-state index in [0.29, 0.717) is 0 Å². The molecule has 0 aromatic carbocycles. The average molecular weight is 200 g/mol. The normalized spacial score (nSPS) is 14.8. The molecule has 86 valence electrons. The summed E-state index contributed by atoms with van der Waals surface area (Å²) in [5.74, 6) is 0.804. The van der Waals surface area contributed by atoms with Gasteiger partial charge in [-0.1, -0.05) is 34.1 Å². The Morgan fingerprint density at radius 3 is 2.36 bits per heavy atom. The summed E-state index contributed by atoms with van der Waals surface area (Å²) >= 11 is 0. The standard InChI is InChI=1S/C12H28N2/c1-6-7-11(2)8-14(5)10-12(3,4)9-13/h11H,6-10,13H2,1-5H3. The Labute approximate surface area is 89.9 Å². The maximum absolute atomic E-state index is 5.72. The molecule has 0 aliphatic rings. The monoisotopic (exact) mass is 200 g/mol. The van der Waals surface area contributed by atoms with Gasteiger partial charge in [-0.2, -0.15) is 0 Å². The first-order chi connectivity index (χ1) is 6.41. The predicted molar refractivity (Wildman–Crippen MR) is 64.4 cm³/mol. The van der Waals surface area contributed by atoms with Gasteiger partial charge in [-0.15, -0.1) is 0 Å². The highest BCUT2D eigenvalue weighted by molar-refractivity contribution is 4.73. The highest BCUT2D eigenvalue weighted by atomic mass is 15.1. The first-order valence-electron chi connectivity index (χ1n) is 5.80. The van der Waals surface area contributed by atoms with Crippen molar-refractivity contribution in [2.45, 2.75) is 40.5 Å². The van der Waals surface area contributed by atoms with E-state index >= 15 is 0 Å².